The number of ether oxygens (including phenoxy) is 1. The lowest BCUT2D eigenvalue weighted by Crippen LogP contribution is -2.37. The van der Waals surface area contributed by atoms with Gasteiger partial charge in [0.15, 0.2) is 5.11 Å². The van der Waals surface area contributed by atoms with Crippen molar-refractivity contribution in [3.05, 3.63) is 40.5 Å². The van der Waals surface area contributed by atoms with E-state index >= 15 is 0 Å². The van der Waals surface area contributed by atoms with Crippen LogP contribution in [0.15, 0.2) is 34.3 Å². The fourth-order valence-electron chi connectivity index (χ4n) is 2.68. The van der Waals surface area contributed by atoms with Crippen LogP contribution in [-0.4, -0.2) is 56.3 Å². The van der Waals surface area contributed by atoms with Crippen molar-refractivity contribution in [3.8, 4) is 5.75 Å². The van der Waals surface area contributed by atoms with E-state index in [0.717, 1.165) is 37.3 Å². The molecule has 0 saturated heterocycles. The minimum absolute atomic E-state index is 0.0531. The molecule has 0 aliphatic carbocycles. The van der Waals surface area contributed by atoms with Crippen LogP contribution in [0.5, 0.6) is 5.75 Å². The standard InChI is InChI=1S/C21H32N4O3S2/c1-25(2)15-19-14-18(16-30-19)28-13-5-10-22-20(26)7-3-9-23-21(29)24-11-8-17-6-4-12-27-17/h4,6,12,14,16H,3,5,7-11,13,15H2,1-2H3,(H,22,26)(H2,23,24,29). The Morgan fingerprint density at radius 3 is 2.77 bits per heavy atom. The molecule has 0 saturated carbocycles. The van der Waals surface area contributed by atoms with E-state index in [1.54, 1.807) is 17.6 Å². The third-order valence-electron chi connectivity index (χ3n) is 4.12. The molecule has 0 spiro atoms. The molecule has 2 rings (SSSR count). The summed E-state index contributed by atoms with van der Waals surface area (Å²) < 4.78 is 11.0. The van der Waals surface area contributed by atoms with E-state index in [1.165, 1.54) is 4.88 Å². The van der Waals surface area contributed by atoms with E-state index in [0.29, 0.717) is 37.8 Å². The molecule has 0 fully saturated rings. The van der Waals surface area contributed by atoms with Gasteiger partial charge in [0, 0.05) is 49.3 Å². The van der Waals surface area contributed by atoms with Crippen LogP contribution in [0.3, 0.4) is 0 Å². The van der Waals surface area contributed by atoms with Gasteiger partial charge in [-0.05, 0) is 57.4 Å². The van der Waals surface area contributed by atoms with Crippen molar-refractivity contribution >= 4 is 34.6 Å². The van der Waals surface area contributed by atoms with Gasteiger partial charge in [0.25, 0.3) is 0 Å². The van der Waals surface area contributed by atoms with Gasteiger partial charge in [-0.1, -0.05) is 0 Å². The van der Waals surface area contributed by atoms with Crippen molar-refractivity contribution in [2.75, 3.05) is 40.3 Å². The second-order valence-electron chi connectivity index (χ2n) is 7.15. The van der Waals surface area contributed by atoms with E-state index < -0.39 is 0 Å². The molecule has 30 heavy (non-hydrogen) atoms. The highest BCUT2D eigenvalue weighted by atomic mass is 32.1. The van der Waals surface area contributed by atoms with Crippen LogP contribution < -0.4 is 20.7 Å². The average molecular weight is 453 g/mol. The topological polar surface area (TPSA) is 78.8 Å². The summed E-state index contributed by atoms with van der Waals surface area (Å²) >= 11 is 6.92. The van der Waals surface area contributed by atoms with Crippen LogP contribution in [0.25, 0.3) is 0 Å². The quantitative estimate of drug-likeness (QED) is 0.300. The lowest BCUT2D eigenvalue weighted by Gasteiger charge is -2.10. The maximum atomic E-state index is 11.9. The molecule has 0 atom stereocenters. The molecule has 2 aromatic heterocycles. The number of hydrogen-bond donors (Lipinski definition) is 3. The third-order valence-corrected chi connectivity index (χ3v) is 5.31. The molecule has 0 unspecified atom stereocenters. The lowest BCUT2D eigenvalue weighted by atomic mass is 10.3. The molecule has 166 valence electrons. The van der Waals surface area contributed by atoms with Gasteiger partial charge < -0.3 is 30.0 Å². The molecule has 3 N–H and O–H groups in total. The summed E-state index contributed by atoms with van der Waals surface area (Å²) in [6.07, 6.45) is 4.43. The summed E-state index contributed by atoms with van der Waals surface area (Å²) in [5.74, 6) is 1.89. The molecule has 1 amide bonds. The number of hydrogen-bond acceptors (Lipinski definition) is 6. The Kier molecular flexibility index (Phi) is 11.3. The van der Waals surface area contributed by atoms with Crippen LogP contribution in [0, 0.1) is 0 Å². The highest BCUT2D eigenvalue weighted by molar-refractivity contribution is 7.80. The molecule has 0 aliphatic rings. The lowest BCUT2D eigenvalue weighted by molar-refractivity contribution is -0.121. The highest BCUT2D eigenvalue weighted by Gasteiger charge is 2.04. The number of amides is 1. The van der Waals surface area contributed by atoms with Crippen LogP contribution >= 0.6 is 23.6 Å². The highest BCUT2D eigenvalue weighted by Crippen LogP contribution is 2.22. The Morgan fingerprint density at radius 2 is 2.00 bits per heavy atom. The predicted molar refractivity (Wildman–Crippen MR) is 125 cm³/mol. The molecule has 7 nitrogen and oxygen atoms in total. The van der Waals surface area contributed by atoms with Gasteiger partial charge in [-0.3, -0.25) is 4.79 Å². The smallest absolute Gasteiger partial charge is 0.220 e. The Morgan fingerprint density at radius 1 is 1.20 bits per heavy atom. The van der Waals surface area contributed by atoms with Gasteiger partial charge in [-0.25, -0.2) is 0 Å². The fourth-order valence-corrected chi connectivity index (χ4v) is 3.80. The summed E-state index contributed by atoms with van der Waals surface area (Å²) in [4.78, 5) is 15.3. The predicted octanol–water partition coefficient (Wildman–Crippen LogP) is 2.77. The Bertz CT molecular complexity index is 747. The van der Waals surface area contributed by atoms with Crippen molar-refractivity contribution in [1.82, 2.24) is 20.9 Å². The molecule has 9 heteroatoms. The number of carbonyl (C=O) groups excluding carboxylic acids is 1. The molecule has 0 aliphatic heterocycles. The SMILES string of the molecule is CN(C)Cc1cc(OCCCNC(=O)CCCNC(=S)NCCc2ccco2)cs1. The molecular formula is C21H32N4O3S2. The van der Waals surface area contributed by atoms with E-state index in [-0.39, 0.29) is 5.91 Å². The van der Waals surface area contributed by atoms with Crippen molar-refractivity contribution in [2.45, 2.75) is 32.2 Å². The molecule has 2 heterocycles. The first kappa shape index (κ1) is 24.2. The van der Waals surface area contributed by atoms with E-state index in [1.807, 2.05) is 31.6 Å². The van der Waals surface area contributed by atoms with E-state index in [2.05, 4.69) is 26.9 Å². The number of nitrogens with one attached hydrogen (secondary N) is 3. The number of thiocarbonyl (C=S) groups is 1. The van der Waals surface area contributed by atoms with Crippen LogP contribution in [0.4, 0.5) is 0 Å². The summed E-state index contributed by atoms with van der Waals surface area (Å²) in [5, 5.41) is 11.8. The number of nitrogens with zero attached hydrogens (tertiary/aromatic N) is 1. The summed E-state index contributed by atoms with van der Waals surface area (Å²) in [7, 11) is 4.10. The van der Waals surface area contributed by atoms with Gasteiger partial charge in [0.1, 0.15) is 11.5 Å². The van der Waals surface area contributed by atoms with Gasteiger partial charge in [0.2, 0.25) is 5.91 Å². The Balaban J connectivity index is 1.41. The van der Waals surface area contributed by atoms with Crippen molar-refractivity contribution in [2.24, 2.45) is 0 Å². The maximum absolute atomic E-state index is 11.9. The summed E-state index contributed by atoms with van der Waals surface area (Å²) in [5.41, 5.74) is 0. The molecule has 2 aromatic rings. The number of thiophene rings is 1. The van der Waals surface area contributed by atoms with Crippen LogP contribution in [-0.2, 0) is 17.8 Å². The third kappa shape index (κ3) is 10.6. The second-order valence-corrected chi connectivity index (χ2v) is 8.56. The van der Waals surface area contributed by atoms with E-state index in [9.17, 15) is 4.79 Å². The minimum atomic E-state index is 0.0531. The Labute approximate surface area is 188 Å². The zero-order chi connectivity index (χ0) is 21.6. The molecule has 0 bridgehead atoms. The van der Waals surface area contributed by atoms with Crippen molar-refractivity contribution in [1.29, 1.82) is 0 Å². The number of carbonyl (C=O) groups is 1. The monoisotopic (exact) mass is 452 g/mol. The normalized spacial score (nSPS) is 10.8. The zero-order valence-corrected chi connectivity index (χ0v) is 19.4. The van der Waals surface area contributed by atoms with E-state index in [4.69, 9.17) is 21.4 Å². The molecular weight excluding hydrogens is 420 g/mol. The fraction of sp³-hybridized carbons (Fsp3) is 0.524. The van der Waals surface area contributed by atoms with Gasteiger partial charge in [-0.2, -0.15) is 0 Å². The van der Waals surface area contributed by atoms with Gasteiger partial charge in [-0.15, -0.1) is 11.3 Å². The first-order chi connectivity index (χ1) is 14.5. The average Bonchev–Trinajstić information content (AvgIpc) is 3.37. The Hall–Kier alpha value is -2.10. The molecule has 0 aromatic carbocycles. The first-order valence-electron chi connectivity index (χ1n) is 10.2. The first-order valence-corrected chi connectivity index (χ1v) is 11.5. The van der Waals surface area contributed by atoms with Crippen LogP contribution in [0.2, 0.25) is 0 Å². The van der Waals surface area contributed by atoms with Crippen LogP contribution in [0.1, 0.15) is 29.9 Å². The minimum Gasteiger partial charge on any atom is -0.493 e. The number of rotatable bonds is 14. The molecule has 0 radical (unpaired) electrons. The summed E-state index contributed by atoms with van der Waals surface area (Å²) in [6.45, 7) is 3.51. The maximum Gasteiger partial charge on any atom is 0.220 e. The number of furan rings is 1. The summed E-state index contributed by atoms with van der Waals surface area (Å²) in [6, 6.07) is 5.88. The van der Waals surface area contributed by atoms with Crippen molar-refractivity contribution in [3.63, 3.8) is 0 Å². The zero-order valence-electron chi connectivity index (χ0n) is 17.7. The van der Waals surface area contributed by atoms with Crippen molar-refractivity contribution < 1.29 is 13.9 Å². The second kappa shape index (κ2) is 14.0. The van der Waals surface area contributed by atoms with Gasteiger partial charge in [0.05, 0.1) is 12.9 Å². The largest absolute Gasteiger partial charge is 0.493 e. The van der Waals surface area contributed by atoms with Gasteiger partial charge >= 0.3 is 0 Å².